The zero-order chi connectivity index (χ0) is 17.9. The molecule has 0 fully saturated rings. The van der Waals surface area contributed by atoms with E-state index in [1.54, 1.807) is 14.1 Å². The van der Waals surface area contributed by atoms with E-state index in [1.165, 1.54) is 11.8 Å². The van der Waals surface area contributed by atoms with Gasteiger partial charge in [-0.05, 0) is 31.0 Å². The second kappa shape index (κ2) is 10.3. The molecule has 0 radical (unpaired) electrons. The zero-order valence-corrected chi connectivity index (χ0v) is 14.8. The second-order valence-electron chi connectivity index (χ2n) is 5.54. The van der Waals surface area contributed by atoms with Gasteiger partial charge in [-0.1, -0.05) is 12.1 Å². The summed E-state index contributed by atoms with van der Waals surface area (Å²) in [6.07, 6.45) is 0.812. The summed E-state index contributed by atoms with van der Waals surface area (Å²) in [6.45, 7) is 5.01. The van der Waals surface area contributed by atoms with E-state index in [-0.39, 0.29) is 18.4 Å². The number of carbonyl (C=O) groups is 2. The molecule has 0 bridgehead atoms. The van der Waals surface area contributed by atoms with Crippen molar-refractivity contribution < 1.29 is 9.59 Å². The van der Waals surface area contributed by atoms with Crippen LogP contribution in [0.1, 0.15) is 19.4 Å². The highest BCUT2D eigenvalue weighted by atomic mass is 16.2. The van der Waals surface area contributed by atoms with Gasteiger partial charge in [0.05, 0.1) is 0 Å². The number of likely N-dealkylation sites (N-methyl/N-ethyl adjacent to an activating group) is 1. The fraction of sp³-hybridized carbons (Fsp3) is 0.471. The Bertz CT molecular complexity index is 567. The Balaban J connectivity index is 2.48. The van der Waals surface area contributed by atoms with Crippen LogP contribution in [-0.4, -0.2) is 56.4 Å². The number of guanidine groups is 1. The number of nitrogens with one attached hydrogen (secondary N) is 3. The number of amides is 2. The quantitative estimate of drug-likeness (QED) is 0.510. The molecule has 24 heavy (non-hydrogen) atoms. The highest BCUT2D eigenvalue weighted by Gasteiger charge is 2.04. The average molecular weight is 333 g/mol. The number of benzene rings is 1. The summed E-state index contributed by atoms with van der Waals surface area (Å²) < 4.78 is 0. The van der Waals surface area contributed by atoms with Gasteiger partial charge in [0, 0.05) is 39.8 Å². The van der Waals surface area contributed by atoms with Crippen LogP contribution in [0.15, 0.2) is 29.3 Å². The van der Waals surface area contributed by atoms with Crippen molar-refractivity contribution in [3.05, 3.63) is 29.8 Å². The molecule has 0 spiro atoms. The van der Waals surface area contributed by atoms with E-state index < -0.39 is 0 Å². The van der Waals surface area contributed by atoms with Crippen molar-refractivity contribution in [3.8, 4) is 0 Å². The molecule has 2 amide bonds. The molecule has 0 unspecified atom stereocenters. The summed E-state index contributed by atoms with van der Waals surface area (Å²) in [4.78, 5) is 28.4. The molecule has 0 aliphatic heterocycles. The van der Waals surface area contributed by atoms with E-state index in [2.05, 4.69) is 20.9 Å². The number of nitrogens with zero attached hydrogens (tertiary/aromatic N) is 2. The Hall–Kier alpha value is -2.57. The van der Waals surface area contributed by atoms with Crippen LogP contribution in [0.5, 0.6) is 0 Å². The van der Waals surface area contributed by atoms with Gasteiger partial charge in [0.15, 0.2) is 5.96 Å². The van der Waals surface area contributed by atoms with Crippen LogP contribution in [0.4, 0.5) is 5.69 Å². The Kier molecular flexibility index (Phi) is 8.32. The van der Waals surface area contributed by atoms with Gasteiger partial charge in [-0.3, -0.25) is 9.59 Å². The highest BCUT2D eigenvalue weighted by molar-refractivity contribution is 5.88. The van der Waals surface area contributed by atoms with E-state index in [1.807, 2.05) is 31.2 Å². The molecule has 1 aromatic carbocycles. The van der Waals surface area contributed by atoms with Crippen molar-refractivity contribution in [3.63, 3.8) is 0 Å². The number of hydrogen-bond acceptors (Lipinski definition) is 3. The lowest BCUT2D eigenvalue weighted by Gasteiger charge is -2.13. The van der Waals surface area contributed by atoms with Gasteiger partial charge in [0.25, 0.3) is 0 Å². The number of hydrogen-bond donors (Lipinski definition) is 3. The summed E-state index contributed by atoms with van der Waals surface area (Å²) in [6, 6.07) is 7.72. The zero-order valence-electron chi connectivity index (χ0n) is 14.8. The molecule has 0 atom stereocenters. The first-order chi connectivity index (χ1) is 11.4. The second-order valence-corrected chi connectivity index (χ2v) is 5.54. The van der Waals surface area contributed by atoms with Crippen LogP contribution >= 0.6 is 0 Å². The molecular formula is C17H27N5O2. The Morgan fingerprint density at radius 3 is 2.33 bits per heavy atom. The Labute approximate surface area is 143 Å². The third-order valence-corrected chi connectivity index (χ3v) is 3.20. The van der Waals surface area contributed by atoms with Gasteiger partial charge in [-0.2, -0.15) is 0 Å². The third kappa shape index (κ3) is 7.62. The number of anilines is 1. The Morgan fingerprint density at radius 2 is 1.79 bits per heavy atom. The van der Waals surface area contributed by atoms with Gasteiger partial charge in [0.2, 0.25) is 11.8 Å². The van der Waals surface area contributed by atoms with E-state index in [4.69, 9.17) is 0 Å². The minimum Gasteiger partial charge on any atom is -0.357 e. The standard InChI is InChI=1S/C17H27N5O2/c1-5-18-17(20-12-16(24)22(3)4)19-11-10-14-6-8-15(9-7-14)21-13(2)23/h6-9H,5,10-12H2,1-4H3,(H,21,23)(H2,18,19,20). The van der Waals surface area contributed by atoms with Crippen molar-refractivity contribution in [2.24, 2.45) is 4.99 Å². The molecular weight excluding hydrogens is 306 g/mol. The van der Waals surface area contributed by atoms with Crippen molar-refractivity contribution in [2.45, 2.75) is 20.3 Å². The molecule has 0 aromatic heterocycles. The molecule has 0 aliphatic rings. The molecule has 0 saturated heterocycles. The van der Waals surface area contributed by atoms with Gasteiger partial charge < -0.3 is 20.9 Å². The van der Waals surface area contributed by atoms with Crippen molar-refractivity contribution in [2.75, 3.05) is 39.0 Å². The third-order valence-electron chi connectivity index (χ3n) is 3.20. The molecule has 132 valence electrons. The molecule has 1 rings (SSSR count). The smallest absolute Gasteiger partial charge is 0.243 e. The molecule has 7 nitrogen and oxygen atoms in total. The maximum atomic E-state index is 11.6. The summed E-state index contributed by atoms with van der Waals surface area (Å²) >= 11 is 0. The molecule has 1 aromatic rings. The molecule has 0 aliphatic carbocycles. The van der Waals surface area contributed by atoms with Gasteiger partial charge in [0.1, 0.15) is 6.54 Å². The largest absolute Gasteiger partial charge is 0.357 e. The monoisotopic (exact) mass is 333 g/mol. The lowest BCUT2D eigenvalue weighted by Crippen LogP contribution is -2.39. The summed E-state index contributed by atoms with van der Waals surface area (Å²) in [5.41, 5.74) is 1.94. The maximum absolute atomic E-state index is 11.6. The van der Waals surface area contributed by atoms with Gasteiger partial charge >= 0.3 is 0 Å². The first kappa shape index (κ1) is 19.5. The van der Waals surface area contributed by atoms with Crippen LogP contribution in [0.25, 0.3) is 0 Å². The lowest BCUT2D eigenvalue weighted by atomic mass is 10.1. The summed E-state index contributed by atoms with van der Waals surface area (Å²) in [5, 5.41) is 9.06. The van der Waals surface area contributed by atoms with E-state index in [0.717, 1.165) is 24.2 Å². The van der Waals surface area contributed by atoms with Crippen molar-refractivity contribution in [1.82, 2.24) is 15.5 Å². The molecule has 7 heteroatoms. The van der Waals surface area contributed by atoms with Gasteiger partial charge in [-0.15, -0.1) is 0 Å². The normalized spacial score (nSPS) is 10.9. The number of aliphatic imine (C=N–C) groups is 1. The van der Waals surface area contributed by atoms with Gasteiger partial charge in [-0.25, -0.2) is 4.99 Å². The minimum atomic E-state index is -0.0804. The first-order valence-electron chi connectivity index (χ1n) is 8.01. The predicted octanol–water partition coefficient (Wildman–Crippen LogP) is 0.831. The van der Waals surface area contributed by atoms with E-state index in [0.29, 0.717) is 12.5 Å². The number of carbonyl (C=O) groups excluding carboxylic acids is 2. The fourth-order valence-corrected chi connectivity index (χ4v) is 1.91. The summed E-state index contributed by atoms with van der Waals surface area (Å²) in [7, 11) is 3.42. The van der Waals surface area contributed by atoms with E-state index in [9.17, 15) is 9.59 Å². The highest BCUT2D eigenvalue weighted by Crippen LogP contribution is 2.09. The Morgan fingerprint density at radius 1 is 1.12 bits per heavy atom. The molecule has 3 N–H and O–H groups in total. The van der Waals surface area contributed by atoms with Crippen LogP contribution in [0.3, 0.4) is 0 Å². The maximum Gasteiger partial charge on any atom is 0.243 e. The minimum absolute atomic E-state index is 0.0410. The van der Waals surface area contributed by atoms with Crippen LogP contribution in [-0.2, 0) is 16.0 Å². The van der Waals surface area contributed by atoms with Crippen LogP contribution in [0, 0.1) is 0 Å². The number of rotatable bonds is 7. The van der Waals surface area contributed by atoms with E-state index >= 15 is 0 Å². The van der Waals surface area contributed by atoms with Crippen molar-refractivity contribution in [1.29, 1.82) is 0 Å². The molecule has 0 heterocycles. The lowest BCUT2D eigenvalue weighted by molar-refractivity contribution is -0.127. The fourth-order valence-electron chi connectivity index (χ4n) is 1.91. The predicted molar refractivity (Wildman–Crippen MR) is 97.1 cm³/mol. The SMILES string of the molecule is CCNC(=NCC(=O)N(C)C)NCCc1ccc(NC(C)=O)cc1. The first-order valence-corrected chi connectivity index (χ1v) is 8.01. The topological polar surface area (TPSA) is 85.8 Å². The van der Waals surface area contributed by atoms with Crippen molar-refractivity contribution >= 4 is 23.5 Å². The van der Waals surface area contributed by atoms with Crippen LogP contribution in [0.2, 0.25) is 0 Å². The summed E-state index contributed by atoms with van der Waals surface area (Å²) in [5.74, 6) is 0.506. The van der Waals surface area contributed by atoms with Crippen LogP contribution < -0.4 is 16.0 Å². The average Bonchev–Trinajstić information content (AvgIpc) is 2.53. The molecule has 0 saturated carbocycles.